The van der Waals surface area contributed by atoms with Crippen LogP contribution in [-0.4, -0.2) is 9.97 Å². The molecule has 2 nitrogen and oxygen atoms in total. The average molecular weight is 185 g/mol. The van der Waals surface area contributed by atoms with E-state index in [2.05, 4.69) is 16.9 Å². The highest BCUT2D eigenvalue weighted by atomic mass is 35.5. The van der Waals surface area contributed by atoms with Gasteiger partial charge in [-0.2, -0.15) is 0 Å². The van der Waals surface area contributed by atoms with Gasteiger partial charge in [-0.05, 0) is 19.8 Å². The molecular formula is C9H13ClN2. The Morgan fingerprint density at radius 2 is 1.67 bits per heavy atom. The largest absolute Gasteiger partial charge is 0.253 e. The minimum Gasteiger partial charge on any atom is -0.253 e. The molecule has 0 aliphatic rings. The molecule has 0 radical (unpaired) electrons. The van der Waals surface area contributed by atoms with Crippen molar-refractivity contribution in [2.45, 2.75) is 33.6 Å². The molecule has 3 heteroatoms. The minimum atomic E-state index is 0.556. The Balaban J connectivity index is 3.16. The summed E-state index contributed by atoms with van der Waals surface area (Å²) in [6, 6.07) is 0. The van der Waals surface area contributed by atoms with Crippen molar-refractivity contribution < 1.29 is 0 Å². The topological polar surface area (TPSA) is 25.8 Å². The highest BCUT2D eigenvalue weighted by molar-refractivity contribution is 6.30. The number of hydrogen-bond acceptors (Lipinski definition) is 2. The summed E-state index contributed by atoms with van der Waals surface area (Å²) >= 11 is 5.91. The molecular weight excluding hydrogens is 172 g/mol. The Morgan fingerprint density at radius 1 is 1.08 bits per heavy atom. The van der Waals surface area contributed by atoms with Gasteiger partial charge in [0.1, 0.15) is 0 Å². The van der Waals surface area contributed by atoms with E-state index in [1.807, 2.05) is 13.8 Å². The zero-order valence-electron chi connectivity index (χ0n) is 7.69. The Morgan fingerprint density at radius 3 is 2.17 bits per heavy atom. The van der Waals surface area contributed by atoms with E-state index in [0.29, 0.717) is 5.15 Å². The van der Waals surface area contributed by atoms with Crippen molar-refractivity contribution in [1.82, 2.24) is 9.97 Å². The van der Waals surface area contributed by atoms with Crippen molar-refractivity contribution in [3.8, 4) is 0 Å². The molecule has 0 aliphatic heterocycles. The molecule has 0 aromatic carbocycles. The summed E-state index contributed by atoms with van der Waals surface area (Å²) in [6.45, 7) is 6.06. The Bertz CT molecular complexity index is 254. The monoisotopic (exact) mass is 184 g/mol. The molecule has 0 saturated carbocycles. The van der Waals surface area contributed by atoms with E-state index in [9.17, 15) is 0 Å². The van der Waals surface area contributed by atoms with Crippen LogP contribution in [0.3, 0.4) is 0 Å². The summed E-state index contributed by atoms with van der Waals surface area (Å²) in [5, 5.41) is 0.556. The van der Waals surface area contributed by atoms with Gasteiger partial charge >= 0.3 is 0 Å². The van der Waals surface area contributed by atoms with Crippen molar-refractivity contribution in [3.63, 3.8) is 0 Å². The van der Waals surface area contributed by atoms with Crippen molar-refractivity contribution in [3.05, 3.63) is 22.2 Å². The maximum atomic E-state index is 5.91. The van der Waals surface area contributed by atoms with Crippen LogP contribution in [0.1, 0.15) is 30.9 Å². The summed E-state index contributed by atoms with van der Waals surface area (Å²) < 4.78 is 0. The second kappa shape index (κ2) is 3.85. The highest BCUT2D eigenvalue weighted by Gasteiger charge is 2.05. The highest BCUT2D eigenvalue weighted by Crippen LogP contribution is 2.14. The lowest BCUT2D eigenvalue weighted by Gasteiger charge is -2.05. The first-order valence-electron chi connectivity index (χ1n) is 4.20. The SMILES string of the molecule is CCc1nc(Cl)c(CC)nc1C. The third-order valence-corrected chi connectivity index (χ3v) is 2.16. The fourth-order valence-corrected chi connectivity index (χ4v) is 1.41. The van der Waals surface area contributed by atoms with E-state index in [1.165, 1.54) is 0 Å². The van der Waals surface area contributed by atoms with Crippen LogP contribution >= 0.6 is 11.6 Å². The summed E-state index contributed by atoms with van der Waals surface area (Å²) in [6.07, 6.45) is 1.74. The van der Waals surface area contributed by atoms with Crippen LogP contribution in [-0.2, 0) is 12.8 Å². The maximum Gasteiger partial charge on any atom is 0.150 e. The number of rotatable bonds is 2. The van der Waals surface area contributed by atoms with E-state index in [-0.39, 0.29) is 0 Å². The van der Waals surface area contributed by atoms with Gasteiger partial charge in [-0.15, -0.1) is 0 Å². The second-order valence-electron chi connectivity index (χ2n) is 2.70. The Hall–Kier alpha value is -0.630. The van der Waals surface area contributed by atoms with E-state index in [0.717, 1.165) is 29.9 Å². The first-order chi connectivity index (χ1) is 5.69. The molecule has 1 heterocycles. The second-order valence-corrected chi connectivity index (χ2v) is 3.06. The van der Waals surface area contributed by atoms with Crippen LogP contribution in [0.25, 0.3) is 0 Å². The lowest BCUT2D eigenvalue weighted by Crippen LogP contribution is -2.01. The van der Waals surface area contributed by atoms with Crippen LogP contribution in [0.5, 0.6) is 0 Å². The summed E-state index contributed by atoms with van der Waals surface area (Å²) in [5.41, 5.74) is 2.89. The van der Waals surface area contributed by atoms with E-state index >= 15 is 0 Å². The standard InChI is InChI=1S/C9H13ClN2/c1-4-7-6(3)11-8(5-2)9(10)12-7/h4-5H2,1-3H3. The summed E-state index contributed by atoms with van der Waals surface area (Å²) in [7, 11) is 0. The smallest absolute Gasteiger partial charge is 0.150 e. The molecule has 1 aromatic rings. The normalized spacial score (nSPS) is 10.3. The van der Waals surface area contributed by atoms with E-state index < -0.39 is 0 Å². The quantitative estimate of drug-likeness (QED) is 0.706. The van der Waals surface area contributed by atoms with Gasteiger partial charge in [0, 0.05) is 0 Å². The predicted molar refractivity (Wildman–Crippen MR) is 50.5 cm³/mol. The maximum absolute atomic E-state index is 5.91. The molecule has 12 heavy (non-hydrogen) atoms. The van der Waals surface area contributed by atoms with Crippen molar-refractivity contribution in [2.24, 2.45) is 0 Å². The molecule has 0 N–H and O–H groups in total. The Kier molecular flexibility index (Phi) is 3.04. The predicted octanol–water partition coefficient (Wildman–Crippen LogP) is 2.56. The fourth-order valence-electron chi connectivity index (χ4n) is 1.14. The third-order valence-electron chi connectivity index (χ3n) is 1.86. The van der Waals surface area contributed by atoms with Crippen molar-refractivity contribution >= 4 is 11.6 Å². The van der Waals surface area contributed by atoms with Crippen LogP contribution in [0.15, 0.2) is 0 Å². The molecule has 1 rings (SSSR count). The first-order valence-corrected chi connectivity index (χ1v) is 4.58. The summed E-state index contributed by atoms with van der Waals surface area (Å²) in [5.74, 6) is 0. The molecule has 0 fully saturated rings. The van der Waals surface area contributed by atoms with Crippen LogP contribution in [0.2, 0.25) is 5.15 Å². The van der Waals surface area contributed by atoms with Crippen molar-refractivity contribution in [1.29, 1.82) is 0 Å². The molecule has 0 unspecified atom stereocenters. The molecule has 0 amide bonds. The zero-order chi connectivity index (χ0) is 9.14. The number of aromatic nitrogens is 2. The number of aryl methyl sites for hydroxylation is 3. The van der Waals surface area contributed by atoms with E-state index in [1.54, 1.807) is 0 Å². The van der Waals surface area contributed by atoms with Gasteiger partial charge in [0.05, 0.1) is 17.1 Å². The molecule has 0 aliphatic carbocycles. The number of hydrogen-bond donors (Lipinski definition) is 0. The van der Waals surface area contributed by atoms with Crippen LogP contribution in [0, 0.1) is 6.92 Å². The van der Waals surface area contributed by atoms with Crippen molar-refractivity contribution in [2.75, 3.05) is 0 Å². The van der Waals surface area contributed by atoms with Gasteiger partial charge in [-0.1, -0.05) is 25.4 Å². The third kappa shape index (κ3) is 1.75. The van der Waals surface area contributed by atoms with E-state index in [4.69, 9.17) is 11.6 Å². The molecule has 66 valence electrons. The minimum absolute atomic E-state index is 0.556. The van der Waals surface area contributed by atoms with Gasteiger partial charge in [0.2, 0.25) is 0 Å². The molecule has 0 spiro atoms. The first kappa shape index (κ1) is 9.46. The lowest BCUT2D eigenvalue weighted by atomic mass is 10.2. The fraction of sp³-hybridized carbons (Fsp3) is 0.556. The molecule has 0 atom stereocenters. The molecule has 0 bridgehead atoms. The average Bonchev–Trinajstić information content (AvgIpc) is 2.08. The van der Waals surface area contributed by atoms with Crippen LogP contribution in [0.4, 0.5) is 0 Å². The number of nitrogens with zero attached hydrogens (tertiary/aromatic N) is 2. The van der Waals surface area contributed by atoms with Gasteiger partial charge < -0.3 is 0 Å². The molecule has 1 aromatic heterocycles. The lowest BCUT2D eigenvalue weighted by molar-refractivity contribution is 0.901. The van der Waals surface area contributed by atoms with Gasteiger partial charge in [0.25, 0.3) is 0 Å². The van der Waals surface area contributed by atoms with Gasteiger partial charge in [-0.25, -0.2) is 4.98 Å². The van der Waals surface area contributed by atoms with Crippen LogP contribution < -0.4 is 0 Å². The van der Waals surface area contributed by atoms with Gasteiger partial charge in [0.15, 0.2) is 5.15 Å². The molecule has 0 saturated heterocycles. The van der Waals surface area contributed by atoms with Gasteiger partial charge in [-0.3, -0.25) is 4.98 Å². The Labute approximate surface area is 78.0 Å². The zero-order valence-corrected chi connectivity index (χ0v) is 8.44. The number of halogens is 1. The summed E-state index contributed by atoms with van der Waals surface area (Å²) in [4.78, 5) is 8.63.